The smallest absolute Gasteiger partial charge is 0.269 e. The lowest BCUT2D eigenvalue weighted by atomic mass is 9.76. The Morgan fingerprint density at radius 3 is 2.61 bits per heavy atom. The Morgan fingerprint density at radius 2 is 1.91 bits per heavy atom. The summed E-state index contributed by atoms with van der Waals surface area (Å²) in [6.07, 6.45) is 2.58. The predicted molar refractivity (Wildman–Crippen MR) is 124 cm³/mol. The molecule has 1 spiro atoms. The number of benzene rings is 2. The number of carbonyl (C=O) groups is 3. The second-order valence-electron chi connectivity index (χ2n) is 8.58. The molecule has 10 heteroatoms. The number of non-ortho nitro benzene ring substituents is 1. The molecule has 170 valence electrons. The van der Waals surface area contributed by atoms with E-state index in [1.54, 1.807) is 24.8 Å². The average molecular weight is 467 g/mol. The summed E-state index contributed by atoms with van der Waals surface area (Å²) >= 11 is 1.63. The standard InChI is InChI=1S/C23H22N4O5S/c1-12-11-13(27(31)32)7-8-17(12)26-20(28)18-16(9-10-33-2)25-23(19(18)21(26)29)14-5-3-4-6-15(14)24-22(23)30/h3-8,11,16,18-19,25H,9-10H2,1-2H3,(H,24,30)/t16-,18+,19-,23-/m0/s1. The maximum atomic E-state index is 13.9. The molecule has 5 rings (SSSR count). The fraction of sp³-hybridized carbons (Fsp3) is 0.348. The second kappa shape index (κ2) is 7.67. The van der Waals surface area contributed by atoms with Crippen molar-refractivity contribution in [2.45, 2.75) is 24.9 Å². The lowest BCUT2D eigenvalue weighted by molar-refractivity contribution is -0.384. The summed E-state index contributed by atoms with van der Waals surface area (Å²) in [5.41, 5.74) is 0.612. The van der Waals surface area contributed by atoms with Gasteiger partial charge in [0.25, 0.3) is 5.69 Å². The van der Waals surface area contributed by atoms with Gasteiger partial charge in [-0.3, -0.25) is 29.8 Å². The number of imide groups is 1. The zero-order valence-electron chi connectivity index (χ0n) is 18.0. The number of hydrogen-bond donors (Lipinski definition) is 2. The maximum Gasteiger partial charge on any atom is 0.269 e. The Morgan fingerprint density at radius 1 is 1.15 bits per heavy atom. The molecule has 3 amide bonds. The monoisotopic (exact) mass is 466 g/mol. The number of nitro groups is 1. The molecule has 0 bridgehead atoms. The van der Waals surface area contributed by atoms with Crippen molar-refractivity contribution in [3.63, 3.8) is 0 Å². The van der Waals surface area contributed by atoms with Crippen molar-refractivity contribution in [3.05, 3.63) is 63.7 Å². The van der Waals surface area contributed by atoms with Crippen LogP contribution in [0, 0.1) is 28.9 Å². The average Bonchev–Trinajstić information content (AvgIpc) is 3.37. The first kappa shape index (κ1) is 21.6. The number of hydrogen-bond acceptors (Lipinski definition) is 7. The molecule has 4 atom stereocenters. The van der Waals surface area contributed by atoms with Crippen LogP contribution in [0.1, 0.15) is 17.5 Å². The van der Waals surface area contributed by atoms with Crippen LogP contribution < -0.4 is 15.5 Å². The van der Waals surface area contributed by atoms with Crippen LogP contribution in [0.2, 0.25) is 0 Å². The SMILES string of the molecule is CSCC[C@@H]1N[C@]2(C(=O)Nc3ccccc32)[C@@H]2C(=O)N(c3ccc([N+](=O)[O-])cc3C)C(=O)[C@H]12. The lowest BCUT2D eigenvalue weighted by Gasteiger charge is -2.29. The summed E-state index contributed by atoms with van der Waals surface area (Å²) < 4.78 is 0. The van der Waals surface area contributed by atoms with Crippen LogP contribution in [0.3, 0.4) is 0 Å². The molecule has 2 fully saturated rings. The number of carbonyl (C=O) groups excluding carboxylic acids is 3. The Kier molecular flexibility index (Phi) is 5.02. The summed E-state index contributed by atoms with van der Waals surface area (Å²) in [6, 6.07) is 10.9. The Balaban J connectivity index is 1.63. The van der Waals surface area contributed by atoms with Crippen LogP contribution in [0.4, 0.5) is 17.1 Å². The zero-order chi connectivity index (χ0) is 23.5. The molecule has 0 radical (unpaired) electrons. The van der Waals surface area contributed by atoms with Gasteiger partial charge in [-0.2, -0.15) is 11.8 Å². The van der Waals surface area contributed by atoms with E-state index in [4.69, 9.17) is 0 Å². The van der Waals surface area contributed by atoms with E-state index < -0.39 is 28.2 Å². The summed E-state index contributed by atoms with van der Waals surface area (Å²) in [5.74, 6) is -2.04. The zero-order valence-corrected chi connectivity index (χ0v) is 18.8. The molecule has 33 heavy (non-hydrogen) atoms. The van der Waals surface area contributed by atoms with Gasteiger partial charge in [-0.05, 0) is 43.0 Å². The molecule has 2 aromatic carbocycles. The normalized spacial score (nSPS) is 27.8. The number of nitro benzene ring substituents is 1. The van der Waals surface area contributed by atoms with Crippen molar-refractivity contribution < 1.29 is 19.3 Å². The number of aryl methyl sites for hydroxylation is 1. The highest BCUT2D eigenvalue weighted by Gasteiger charge is 2.70. The lowest BCUT2D eigenvalue weighted by Crippen LogP contribution is -2.53. The Bertz CT molecular complexity index is 1220. The number of fused-ring (bicyclic) bond motifs is 4. The minimum atomic E-state index is -1.33. The molecule has 2 aromatic rings. The van der Waals surface area contributed by atoms with Crippen LogP contribution in [-0.4, -0.2) is 40.7 Å². The van der Waals surface area contributed by atoms with Crippen molar-refractivity contribution in [1.82, 2.24) is 5.32 Å². The number of anilines is 2. The Hall–Kier alpha value is -3.24. The molecule has 0 aliphatic carbocycles. The van der Waals surface area contributed by atoms with E-state index in [0.29, 0.717) is 28.9 Å². The summed E-state index contributed by atoms with van der Waals surface area (Å²) in [6.45, 7) is 1.63. The van der Waals surface area contributed by atoms with Gasteiger partial charge >= 0.3 is 0 Å². The van der Waals surface area contributed by atoms with Crippen LogP contribution in [0.5, 0.6) is 0 Å². The van der Waals surface area contributed by atoms with Gasteiger partial charge in [0.2, 0.25) is 17.7 Å². The molecule has 3 aliphatic rings. The minimum Gasteiger partial charge on any atom is -0.324 e. The maximum absolute atomic E-state index is 13.9. The molecule has 0 saturated carbocycles. The fourth-order valence-corrected chi connectivity index (χ4v) is 5.98. The molecule has 2 N–H and O–H groups in total. The van der Waals surface area contributed by atoms with Gasteiger partial charge in [0, 0.05) is 29.4 Å². The first-order chi connectivity index (χ1) is 15.8. The van der Waals surface area contributed by atoms with E-state index in [1.807, 2.05) is 24.5 Å². The van der Waals surface area contributed by atoms with Crippen LogP contribution >= 0.6 is 11.8 Å². The molecule has 0 unspecified atom stereocenters. The number of rotatable bonds is 5. The summed E-state index contributed by atoms with van der Waals surface area (Å²) in [7, 11) is 0. The molecule has 3 heterocycles. The van der Waals surface area contributed by atoms with E-state index in [0.717, 1.165) is 10.7 Å². The van der Waals surface area contributed by atoms with E-state index in [9.17, 15) is 24.5 Å². The van der Waals surface area contributed by atoms with E-state index >= 15 is 0 Å². The van der Waals surface area contributed by atoms with Crippen molar-refractivity contribution in [2.75, 3.05) is 22.2 Å². The predicted octanol–water partition coefficient (Wildman–Crippen LogP) is 2.58. The van der Waals surface area contributed by atoms with E-state index in [2.05, 4.69) is 10.6 Å². The van der Waals surface area contributed by atoms with Crippen molar-refractivity contribution in [1.29, 1.82) is 0 Å². The topological polar surface area (TPSA) is 122 Å². The molecule has 0 aromatic heterocycles. The highest BCUT2D eigenvalue weighted by atomic mass is 32.2. The molecular weight excluding hydrogens is 444 g/mol. The number of nitrogens with zero attached hydrogens (tertiary/aromatic N) is 2. The number of thioether (sulfide) groups is 1. The first-order valence-corrected chi connectivity index (χ1v) is 12.0. The van der Waals surface area contributed by atoms with Gasteiger partial charge in [-0.15, -0.1) is 0 Å². The van der Waals surface area contributed by atoms with Crippen LogP contribution in [0.15, 0.2) is 42.5 Å². The fourth-order valence-electron chi connectivity index (χ4n) is 5.49. The molecule has 9 nitrogen and oxygen atoms in total. The largest absolute Gasteiger partial charge is 0.324 e. The van der Waals surface area contributed by atoms with Crippen molar-refractivity contribution in [3.8, 4) is 0 Å². The molecule has 2 saturated heterocycles. The summed E-state index contributed by atoms with van der Waals surface area (Å²) in [4.78, 5) is 52.7. The van der Waals surface area contributed by atoms with Gasteiger partial charge in [0.15, 0.2) is 0 Å². The Labute approximate surface area is 194 Å². The number of nitrogens with one attached hydrogen (secondary N) is 2. The van der Waals surface area contributed by atoms with E-state index in [1.165, 1.54) is 18.2 Å². The minimum absolute atomic E-state index is 0.115. The molecular formula is C23H22N4O5S. The van der Waals surface area contributed by atoms with Gasteiger partial charge in [0.1, 0.15) is 5.54 Å². The third-order valence-electron chi connectivity index (χ3n) is 6.89. The molecule has 3 aliphatic heterocycles. The highest BCUT2D eigenvalue weighted by molar-refractivity contribution is 7.98. The highest BCUT2D eigenvalue weighted by Crippen LogP contribution is 2.54. The van der Waals surface area contributed by atoms with Crippen molar-refractivity contribution >= 4 is 46.5 Å². The van der Waals surface area contributed by atoms with E-state index in [-0.39, 0.29) is 23.5 Å². The summed E-state index contributed by atoms with van der Waals surface area (Å²) in [5, 5.41) is 17.4. The first-order valence-electron chi connectivity index (χ1n) is 10.6. The van der Waals surface area contributed by atoms with Crippen LogP contribution in [0.25, 0.3) is 0 Å². The van der Waals surface area contributed by atoms with Crippen LogP contribution in [-0.2, 0) is 19.9 Å². The van der Waals surface area contributed by atoms with Gasteiger partial charge in [-0.1, -0.05) is 18.2 Å². The number of para-hydroxylation sites is 1. The number of amides is 3. The third kappa shape index (κ3) is 2.94. The second-order valence-corrected chi connectivity index (χ2v) is 9.57. The third-order valence-corrected chi connectivity index (χ3v) is 7.53. The van der Waals surface area contributed by atoms with Crippen molar-refractivity contribution in [2.24, 2.45) is 11.8 Å². The van der Waals surface area contributed by atoms with Gasteiger partial charge < -0.3 is 5.32 Å². The van der Waals surface area contributed by atoms with Gasteiger partial charge in [0.05, 0.1) is 22.4 Å². The van der Waals surface area contributed by atoms with Gasteiger partial charge in [-0.25, -0.2) is 4.90 Å². The quantitative estimate of drug-likeness (QED) is 0.395.